The Kier molecular flexibility index (Phi) is 5.71. The van der Waals surface area contributed by atoms with Crippen LogP contribution >= 0.6 is 11.3 Å². The molecule has 1 N–H and O–H groups in total. The molecule has 2 aliphatic rings. The molecular formula is C20H23N3O4S2. The Hall–Kier alpha value is -2.23. The highest BCUT2D eigenvalue weighted by Gasteiger charge is 2.33. The molecule has 2 aliphatic heterocycles. The maximum atomic E-state index is 12.7. The van der Waals surface area contributed by atoms with E-state index in [-0.39, 0.29) is 18.4 Å². The van der Waals surface area contributed by atoms with Crippen LogP contribution in [0.15, 0.2) is 46.0 Å². The minimum Gasteiger partial charge on any atom is -0.326 e. The van der Waals surface area contributed by atoms with Crippen molar-refractivity contribution in [2.45, 2.75) is 29.9 Å². The Labute approximate surface area is 174 Å². The van der Waals surface area contributed by atoms with E-state index < -0.39 is 15.9 Å². The molecule has 0 bridgehead atoms. The second-order valence-corrected chi connectivity index (χ2v) is 10.4. The fourth-order valence-electron chi connectivity index (χ4n) is 3.80. The van der Waals surface area contributed by atoms with Crippen LogP contribution in [0.1, 0.15) is 25.7 Å². The van der Waals surface area contributed by atoms with Crippen molar-refractivity contribution in [3.05, 3.63) is 41.8 Å². The predicted molar refractivity (Wildman–Crippen MR) is 112 cm³/mol. The van der Waals surface area contributed by atoms with Gasteiger partial charge in [-0.3, -0.25) is 9.59 Å². The normalized spacial score (nSPS) is 20.8. The highest BCUT2D eigenvalue weighted by atomic mass is 32.2. The zero-order chi connectivity index (χ0) is 20.4. The summed E-state index contributed by atoms with van der Waals surface area (Å²) in [5, 5.41) is 4.62. The van der Waals surface area contributed by atoms with Gasteiger partial charge in [0.05, 0.1) is 5.92 Å². The lowest BCUT2D eigenvalue weighted by Gasteiger charge is -2.30. The number of thiophene rings is 1. The summed E-state index contributed by atoms with van der Waals surface area (Å²) in [4.78, 5) is 26.3. The lowest BCUT2D eigenvalue weighted by molar-refractivity contribution is -0.121. The van der Waals surface area contributed by atoms with Crippen LogP contribution in [0.25, 0.3) is 0 Å². The summed E-state index contributed by atoms with van der Waals surface area (Å²) in [5.41, 5.74) is 1.47. The van der Waals surface area contributed by atoms with Gasteiger partial charge in [0.1, 0.15) is 4.21 Å². The molecule has 1 aromatic heterocycles. The lowest BCUT2D eigenvalue weighted by atomic mass is 9.98. The average molecular weight is 434 g/mol. The van der Waals surface area contributed by atoms with Crippen LogP contribution in [0.2, 0.25) is 0 Å². The van der Waals surface area contributed by atoms with Crippen molar-refractivity contribution in [2.75, 3.05) is 29.9 Å². The van der Waals surface area contributed by atoms with Gasteiger partial charge in [0.15, 0.2) is 0 Å². The second kappa shape index (κ2) is 8.25. The number of amides is 2. The van der Waals surface area contributed by atoms with Crippen LogP contribution in [-0.4, -0.2) is 44.2 Å². The molecule has 0 radical (unpaired) electrons. The molecule has 154 valence electrons. The van der Waals surface area contributed by atoms with Crippen LogP contribution in [0.4, 0.5) is 11.4 Å². The van der Waals surface area contributed by atoms with Crippen molar-refractivity contribution < 1.29 is 18.0 Å². The Bertz CT molecular complexity index is 987. The van der Waals surface area contributed by atoms with Gasteiger partial charge < -0.3 is 10.2 Å². The number of hydrogen-bond donors (Lipinski definition) is 1. The van der Waals surface area contributed by atoms with Crippen molar-refractivity contribution in [1.82, 2.24) is 4.31 Å². The minimum atomic E-state index is -3.54. The van der Waals surface area contributed by atoms with Gasteiger partial charge in [0, 0.05) is 37.4 Å². The maximum Gasteiger partial charge on any atom is 0.252 e. The lowest BCUT2D eigenvalue weighted by Crippen LogP contribution is -2.43. The fraction of sp³-hybridized carbons (Fsp3) is 0.400. The average Bonchev–Trinajstić information content (AvgIpc) is 3.41. The largest absolute Gasteiger partial charge is 0.326 e. The summed E-state index contributed by atoms with van der Waals surface area (Å²) < 4.78 is 27.2. The first kappa shape index (κ1) is 20.1. The van der Waals surface area contributed by atoms with Gasteiger partial charge >= 0.3 is 0 Å². The smallest absolute Gasteiger partial charge is 0.252 e. The van der Waals surface area contributed by atoms with E-state index in [0.717, 1.165) is 18.7 Å². The minimum absolute atomic E-state index is 0.121. The van der Waals surface area contributed by atoms with E-state index in [1.165, 1.54) is 15.6 Å². The number of hydrogen-bond acceptors (Lipinski definition) is 5. The number of nitrogens with zero attached hydrogens (tertiary/aromatic N) is 2. The summed E-state index contributed by atoms with van der Waals surface area (Å²) in [7, 11) is -3.54. The first-order valence-corrected chi connectivity index (χ1v) is 12.0. The molecule has 1 unspecified atom stereocenters. The quantitative estimate of drug-likeness (QED) is 0.786. The Morgan fingerprint density at radius 1 is 1.10 bits per heavy atom. The molecular weight excluding hydrogens is 410 g/mol. The first-order valence-electron chi connectivity index (χ1n) is 9.70. The second-order valence-electron chi connectivity index (χ2n) is 7.32. The topological polar surface area (TPSA) is 86.8 Å². The van der Waals surface area contributed by atoms with Crippen LogP contribution in [0.5, 0.6) is 0 Å². The number of anilines is 2. The van der Waals surface area contributed by atoms with Crippen LogP contribution < -0.4 is 10.2 Å². The Morgan fingerprint density at radius 2 is 1.90 bits per heavy atom. The summed E-state index contributed by atoms with van der Waals surface area (Å²) >= 11 is 1.19. The molecule has 0 spiro atoms. The maximum absolute atomic E-state index is 12.7. The van der Waals surface area contributed by atoms with Crippen molar-refractivity contribution in [1.29, 1.82) is 0 Å². The van der Waals surface area contributed by atoms with E-state index in [9.17, 15) is 18.0 Å². The number of nitrogens with one attached hydrogen (secondary N) is 1. The van der Waals surface area contributed by atoms with E-state index >= 15 is 0 Å². The molecule has 0 aliphatic carbocycles. The van der Waals surface area contributed by atoms with Crippen LogP contribution in [-0.2, 0) is 19.6 Å². The first-order chi connectivity index (χ1) is 13.9. The fourth-order valence-corrected chi connectivity index (χ4v) is 6.47. The molecule has 9 heteroatoms. The Morgan fingerprint density at radius 3 is 2.55 bits per heavy atom. The summed E-state index contributed by atoms with van der Waals surface area (Å²) in [6, 6.07) is 10.5. The van der Waals surface area contributed by atoms with Gasteiger partial charge in [-0.05, 0) is 55.0 Å². The molecule has 1 aromatic carbocycles. The van der Waals surface area contributed by atoms with Gasteiger partial charge in [0.25, 0.3) is 10.0 Å². The van der Waals surface area contributed by atoms with E-state index in [2.05, 4.69) is 5.32 Å². The van der Waals surface area contributed by atoms with Crippen LogP contribution in [0, 0.1) is 5.92 Å². The number of benzene rings is 1. The van der Waals surface area contributed by atoms with Crippen LogP contribution in [0.3, 0.4) is 0 Å². The van der Waals surface area contributed by atoms with Gasteiger partial charge in [-0.25, -0.2) is 8.42 Å². The highest BCUT2D eigenvalue weighted by Crippen LogP contribution is 2.28. The Balaban J connectivity index is 1.40. The zero-order valence-corrected chi connectivity index (χ0v) is 17.5. The molecule has 2 aromatic rings. The van der Waals surface area contributed by atoms with Gasteiger partial charge in [-0.2, -0.15) is 4.31 Å². The summed E-state index contributed by atoms with van der Waals surface area (Å²) in [6.45, 7) is 1.34. The van der Waals surface area contributed by atoms with E-state index in [1.807, 2.05) is 12.1 Å². The van der Waals surface area contributed by atoms with E-state index in [1.54, 1.807) is 34.5 Å². The third kappa shape index (κ3) is 4.22. The van der Waals surface area contributed by atoms with Gasteiger partial charge in [0.2, 0.25) is 11.8 Å². The molecule has 29 heavy (non-hydrogen) atoms. The molecule has 2 amide bonds. The molecule has 2 fully saturated rings. The molecule has 7 nitrogen and oxygen atoms in total. The van der Waals surface area contributed by atoms with E-state index in [4.69, 9.17) is 0 Å². The van der Waals surface area contributed by atoms with Gasteiger partial charge in [-0.15, -0.1) is 11.3 Å². The number of carbonyl (C=O) groups excluding carboxylic acids is 2. The monoisotopic (exact) mass is 433 g/mol. The highest BCUT2D eigenvalue weighted by molar-refractivity contribution is 7.91. The number of piperidine rings is 1. The van der Waals surface area contributed by atoms with Crippen molar-refractivity contribution in [3.8, 4) is 0 Å². The third-order valence-electron chi connectivity index (χ3n) is 5.36. The standard InChI is InChI=1S/C20H23N3O4S2/c24-18-5-2-12-23(18)17-9-7-16(8-10-17)21-20(25)15-4-1-11-22(14-15)29(26,27)19-6-3-13-28-19/h3,6-10,13,15H,1-2,4-5,11-12,14H2,(H,21,25). The number of carbonyl (C=O) groups is 2. The van der Waals surface area contributed by atoms with Crippen molar-refractivity contribution in [3.63, 3.8) is 0 Å². The molecule has 3 heterocycles. The molecule has 2 saturated heterocycles. The summed E-state index contributed by atoms with van der Waals surface area (Å²) in [6.07, 6.45) is 2.75. The number of rotatable bonds is 5. The SMILES string of the molecule is O=C(Nc1ccc(N2CCCC2=O)cc1)C1CCCN(S(=O)(=O)c2cccs2)C1. The van der Waals surface area contributed by atoms with Gasteiger partial charge in [-0.1, -0.05) is 6.07 Å². The number of sulfonamides is 1. The summed E-state index contributed by atoms with van der Waals surface area (Å²) in [5.74, 6) is -0.449. The van der Waals surface area contributed by atoms with Crippen molar-refractivity contribution in [2.24, 2.45) is 5.92 Å². The van der Waals surface area contributed by atoms with Crippen molar-refractivity contribution >= 4 is 44.5 Å². The predicted octanol–water partition coefficient (Wildman–Crippen LogP) is 2.91. The molecule has 0 saturated carbocycles. The molecule has 1 atom stereocenters. The molecule has 4 rings (SSSR count). The third-order valence-corrected chi connectivity index (χ3v) is 8.60. The van der Waals surface area contributed by atoms with E-state index in [0.29, 0.717) is 35.7 Å². The zero-order valence-electron chi connectivity index (χ0n) is 15.9.